The fraction of sp³-hybridized carbons (Fsp3) is 0.333. The fourth-order valence-corrected chi connectivity index (χ4v) is 3.44. The van der Waals surface area contributed by atoms with Crippen LogP contribution in [0.15, 0.2) is 29.1 Å². The quantitative estimate of drug-likeness (QED) is 0.527. The third-order valence-electron chi connectivity index (χ3n) is 4.87. The minimum Gasteiger partial charge on any atom is -0.376 e. The topological polar surface area (TPSA) is 79.0 Å². The number of carbonyl (C=O) groups excluding carboxylic acids is 1. The smallest absolute Gasteiger partial charge is 0.198 e. The van der Waals surface area contributed by atoms with Gasteiger partial charge >= 0.3 is 0 Å². The molecule has 0 unspecified atom stereocenters. The third-order valence-corrected chi connectivity index (χ3v) is 4.87. The highest BCUT2D eigenvalue weighted by Gasteiger charge is 2.24. The predicted molar refractivity (Wildman–Crippen MR) is 107 cm³/mol. The number of anilines is 1. The molecule has 0 atom stereocenters. The number of nitriles is 1. The Morgan fingerprint density at radius 3 is 2.48 bits per heavy atom. The van der Waals surface area contributed by atoms with Gasteiger partial charge in [0.1, 0.15) is 11.9 Å². The number of nitrogens with zero attached hydrogens (tertiary/aromatic N) is 4. The molecule has 0 spiro atoms. The number of hydrogen-bond donors (Lipinski definition) is 0. The molecule has 0 fully saturated rings. The molecule has 27 heavy (non-hydrogen) atoms. The molecular weight excluding hydrogens is 340 g/mol. The van der Waals surface area contributed by atoms with E-state index in [2.05, 4.69) is 11.1 Å². The van der Waals surface area contributed by atoms with E-state index in [1.165, 1.54) is 0 Å². The zero-order valence-electron chi connectivity index (χ0n) is 16.2. The fourth-order valence-electron chi connectivity index (χ4n) is 3.44. The molecule has 0 N–H and O–H groups in total. The van der Waals surface area contributed by atoms with E-state index >= 15 is 0 Å². The monoisotopic (exact) mass is 362 g/mol. The lowest BCUT2D eigenvalue weighted by molar-refractivity contribution is -0.108. The van der Waals surface area contributed by atoms with E-state index in [0.29, 0.717) is 27.6 Å². The summed E-state index contributed by atoms with van der Waals surface area (Å²) >= 11 is 0. The van der Waals surface area contributed by atoms with Crippen molar-refractivity contribution in [2.24, 2.45) is 0 Å². The van der Waals surface area contributed by atoms with Gasteiger partial charge in [0.15, 0.2) is 5.43 Å². The van der Waals surface area contributed by atoms with Gasteiger partial charge < -0.3 is 14.3 Å². The molecule has 138 valence electrons. The van der Waals surface area contributed by atoms with Gasteiger partial charge in [-0.3, -0.25) is 4.79 Å². The van der Waals surface area contributed by atoms with Crippen LogP contribution in [-0.4, -0.2) is 29.9 Å². The normalized spacial score (nSPS) is 11.6. The Bertz CT molecular complexity index is 1170. The third kappa shape index (κ3) is 2.85. The number of aldehydes is 1. The summed E-state index contributed by atoms with van der Waals surface area (Å²) in [5.41, 5.74) is 2.62. The Labute approximate surface area is 157 Å². The molecule has 3 aromatic rings. The van der Waals surface area contributed by atoms with E-state index in [1.807, 2.05) is 32.0 Å². The van der Waals surface area contributed by atoms with Gasteiger partial charge in [-0.1, -0.05) is 6.07 Å². The molecule has 0 aliphatic rings. The van der Waals surface area contributed by atoms with Gasteiger partial charge in [-0.2, -0.15) is 5.26 Å². The van der Waals surface area contributed by atoms with Crippen molar-refractivity contribution in [2.75, 3.05) is 19.0 Å². The predicted octanol–water partition coefficient (Wildman–Crippen LogP) is 2.92. The van der Waals surface area contributed by atoms with Gasteiger partial charge in [0.2, 0.25) is 0 Å². The molecule has 2 aromatic heterocycles. The van der Waals surface area contributed by atoms with Crippen LogP contribution >= 0.6 is 0 Å². The first-order chi connectivity index (χ1) is 12.7. The summed E-state index contributed by atoms with van der Waals surface area (Å²) in [7, 11) is 3.81. The SMILES string of the molecule is Cc1ccc2c(=O)c3ccc(C(C)(C)C#N)nc3n(CC=O)c2c1N(C)C. The molecule has 0 radical (unpaired) electrons. The minimum atomic E-state index is -0.803. The van der Waals surface area contributed by atoms with E-state index in [1.54, 1.807) is 36.6 Å². The highest BCUT2D eigenvalue weighted by Crippen LogP contribution is 2.31. The summed E-state index contributed by atoms with van der Waals surface area (Å²) in [4.78, 5) is 31.2. The number of aromatic nitrogens is 2. The summed E-state index contributed by atoms with van der Waals surface area (Å²) in [6.07, 6.45) is 0.801. The van der Waals surface area contributed by atoms with Gasteiger partial charge in [0.05, 0.1) is 40.3 Å². The molecule has 0 aliphatic carbocycles. The summed E-state index contributed by atoms with van der Waals surface area (Å²) in [5, 5.41) is 10.4. The van der Waals surface area contributed by atoms with Gasteiger partial charge in [-0.05, 0) is 44.5 Å². The average molecular weight is 362 g/mol. The lowest BCUT2D eigenvalue weighted by atomic mass is 9.90. The minimum absolute atomic E-state index is 0.0704. The second-order valence-corrected chi connectivity index (χ2v) is 7.43. The van der Waals surface area contributed by atoms with Crippen LogP contribution in [0.25, 0.3) is 21.9 Å². The zero-order chi connectivity index (χ0) is 19.9. The van der Waals surface area contributed by atoms with Crippen molar-refractivity contribution < 1.29 is 4.79 Å². The van der Waals surface area contributed by atoms with Gasteiger partial charge in [-0.25, -0.2) is 4.98 Å². The van der Waals surface area contributed by atoms with Crippen molar-refractivity contribution in [3.63, 3.8) is 0 Å². The van der Waals surface area contributed by atoms with E-state index in [9.17, 15) is 14.9 Å². The molecule has 0 saturated heterocycles. The average Bonchev–Trinajstić information content (AvgIpc) is 2.64. The van der Waals surface area contributed by atoms with E-state index in [4.69, 9.17) is 0 Å². The van der Waals surface area contributed by atoms with Crippen LogP contribution < -0.4 is 10.3 Å². The molecule has 3 rings (SSSR count). The Morgan fingerprint density at radius 1 is 1.22 bits per heavy atom. The van der Waals surface area contributed by atoms with Crippen molar-refractivity contribution in [1.82, 2.24) is 9.55 Å². The van der Waals surface area contributed by atoms with Crippen LogP contribution in [-0.2, 0) is 16.8 Å². The lowest BCUT2D eigenvalue weighted by Gasteiger charge is -2.23. The van der Waals surface area contributed by atoms with Gasteiger partial charge in [-0.15, -0.1) is 0 Å². The molecule has 2 heterocycles. The zero-order valence-corrected chi connectivity index (χ0v) is 16.2. The summed E-state index contributed by atoms with van der Waals surface area (Å²) in [5.74, 6) is 0. The Hall–Kier alpha value is -3.20. The van der Waals surface area contributed by atoms with Gasteiger partial charge in [0, 0.05) is 19.5 Å². The molecule has 1 aromatic carbocycles. The number of hydrogen-bond acceptors (Lipinski definition) is 5. The van der Waals surface area contributed by atoms with Crippen LogP contribution in [0.3, 0.4) is 0 Å². The number of fused-ring (bicyclic) bond motifs is 2. The first kappa shape index (κ1) is 18.6. The molecule has 6 heteroatoms. The van der Waals surface area contributed by atoms with Crippen molar-refractivity contribution in [3.8, 4) is 6.07 Å². The maximum atomic E-state index is 13.1. The molecule has 0 amide bonds. The van der Waals surface area contributed by atoms with Gasteiger partial charge in [0.25, 0.3) is 0 Å². The van der Waals surface area contributed by atoms with Crippen molar-refractivity contribution in [3.05, 3.63) is 45.7 Å². The van der Waals surface area contributed by atoms with Crippen LogP contribution in [0.2, 0.25) is 0 Å². The highest BCUT2D eigenvalue weighted by molar-refractivity contribution is 6.00. The molecule has 0 bridgehead atoms. The van der Waals surface area contributed by atoms with E-state index in [-0.39, 0.29) is 12.0 Å². The first-order valence-corrected chi connectivity index (χ1v) is 8.72. The Balaban J connectivity index is 2.60. The van der Waals surface area contributed by atoms with Crippen molar-refractivity contribution in [1.29, 1.82) is 5.26 Å². The number of carbonyl (C=O) groups is 1. The van der Waals surface area contributed by atoms with Crippen molar-refractivity contribution in [2.45, 2.75) is 32.7 Å². The number of pyridine rings is 2. The van der Waals surface area contributed by atoms with Crippen LogP contribution in [0, 0.1) is 18.3 Å². The van der Waals surface area contributed by atoms with Crippen LogP contribution in [0.4, 0.5) is 5.69 Å². The Morgan fingerprint density at radius 2 is 1.89 bits per heavy atom. The largest absolute Gasteiger partial charge is 0.376 e. The number of aryl methyl sites for hydroxylation is 1. The summed E-state index contributed by atoms with van der Waals surface area (Å²) < 4.78 is 1.78. The van der Waals surface area contributed by atoms with Crippen LogP contribution in [0.5, 0.6) is 0 Å². The number of benzene rings is 1. The molecular formula is C21H22N4O2. The second kappa shape index (κ2) is 6.51. The maximum Gasteiger partial charge on any atom is 0.198 e. The standard InChI is InChI=1S/C21H22N4O2/c1-13-6-7-14-18(17(13)24(4)5)25(10-11-26)20-15(19(14)27)8-9-16(23-20)21(2,3)12-22/h6-9,11H,10H2,1-5H3. The van der Waals surface area contributed by atoms with Crippen molar-refractivity contribution >= 4 is 33.9 Å². The summed E-state index contributed by atoms with van der Waals surface area (Å²) in [6, 6.07) is 9.37. The van der Waals surface area contributed by atoms with E-state index in [0.717, 1.165) is 17.5 Å². The van der Waals surface area contributed by atoms with E-state index < -0.39 is 5.41 Å². The summed E-state index contributed by atoms with van der Waals surface area (Å²) in [6.45, 7) is 5.60. The first-order valence-electron chi connectivity index (χ1n) is 8.72. The Kier molecular flexibility index (Phi) is 4.48. The molecule has 0 aliphatic heterocycles. The number of rotatable bonds is 4. The highest BCUT2D eigenvalue weighted by atomic mass is 16.1. The molecule has 6 nitrogen and oxygen atoms in total. The second-order valence-electron chi connectivity index (χ2n) is 7.43. The molecule has 0 saturated carbocycles. The van der Waals surface area contributed by atoms with Crippen LogP contribution in [0.1, 0.15) is 25.1 Å². The maximum absolute atomic E-state index is 13.1. The lowest BCUT2D eigenvalue weighted by Crippen LogP contribution is -2.21.